The van der Waals surface area contributed by atoms with Gasteiger partial charge < -0.3 is 14.8 Å². The lowest BCUT2D eigenvalue weighted by molar-refractivity contribution is -0.124. The molecule has 0 radical (unpaired) electrons. The number of nitrogens with zero attached hydrogens (tertiary/aromatic N) is 1. The summed E-state index contributed by atoms with van der Waals surface area (Å²) in [6, 6.07) is 11.7. The molecule has 0 saturated carbocycles. The summed E-state index contributed by atoms with van der Waals surface area (Å²) in [5.74, 6) is -1.16. The Kier molecular flexibility index (Phi) is 6.59. The van der Waals surface area contributed by atoms with E-state index in [1.165, 1.54) is 6.07 Å². The Morgan fingerprint density at radius 2 is 1.93 bits per heavy atom. The van der Waals surface area contributed by atoms with Crippen LogP contribution in [0.25, 0.3) is 0 Å². The summed E-state index contributed by atoms with van der Waals surface area (Å²) in [7, 11) is 0. The lowest BCUT2D eigenvalue weighted by Gasteiger charge is -2.20. The lowest BCUT2D eigenvalue weighted by Crippen LogP contribution is -2.45. The Morgan fingerprint density at radius 3 is 2.83 bits per heavy atom. The number of benzene rings is 2. The highest BCUT2D eigenvalue weighted by molar-refractivity contribution is 5.78. The van der Waals surface area contributed by atoms with Crippen LogP contribution in [0.2, 0.25) is 0 Å². The van der Waals surface area contributed by atoms with Crippen LogP contribution >= 0.6 is 0 Å². The second-order valence-corrected chi connectivity index (χ2v) is 7.84. The Bertz CT molecular complexity index is 893. The number of carbonyl (C=O) groups is 1. The molecule has 2 aromatic carbocycles. The Balaban J connectivity index is 1.43. The minimum atomic E-state index is -0.851. The number of hydrogen-bond donors (Lipinski definition) is 1. The van der Waals surface area contributed by atoms with E-state index in [9.17, 15) is 13.6 Å². The number of halogens is 2. The first-order chi connectivity index (χ1) is 14.6. The molecular weight excluding hydrogens is 390 g/mol. The molecule has 1 N–H and O–H groups in total. The van der Waals surface area contributed by atoms with Crippen LogP contribution in [0.5, 0.6) is 5.75 Å². The number of hydrogen-bond acceptors (Lipinski definition) is 4. The first kappa shape index (κ1) is 20.8. The van der Waals surface area contributed by atoms with Gasteiger partial charge in [0.25, 0.3) is 5.91 Å². The van der Waals surface area contributed by atoms with Gasteiger partial charge in [-0.3, -0.25) is 9.69 Å². The van der Waals surface area contributed by atoms with Crippen molar-refractivity contribution in [1.29, 1.82) is 0 Å². The fraction of sp³-hybridized carbons (Fsp3) is 0.435. The average Bonchev–Trinajstić information content (AvgIpc) is 3.11. The van der Waals surface area contributed by atoms with Crippen molar-refractivity contribution in [2.75, 3.05) is 26.3 Å². The number of amides is 1. The number of carbonyl (C=O) groups excluding carboxylic acids is 1. The zero-order chi connectivity index (χ0) is 20.9. The second kappa shape index (κ2) is 9.53. The summed E-state index contributed by atoms with van der Waals surface area (Å²) in [6.45, 7) is 1.83. The van der Waals surface area contributed by atoms with Crippen molar-refractivity contribution in [2.24, 2.45) is 0 Å². The van der Waals surface area contributed by atoms with Gasteiger partial charge in [0, 0.05) is 31.8 Å². The molecule has 1 amide bonds. The highest BCUT2D eigenvalue weighted by Crippen LogP contribution is 2.23. The third kappa shape index (κ3) is 4.96. The van der Waals surface area contributed by atoms with Crippen molar-refractivity contribution in [3.63, 3.8) is 0 Å². The minimum absolute atomic E-state index is 0.0707. The summed E-state index contributed by atoms with van der Waals surface area (Å²) < 4.78 is 39.4. The summed E-state index contributed by atoms with van der Waals surface area (Å²) in [4.78, 5) is 14.5. The monoisotopic (exact) mass is 416 g/mol. The van der Waals surface area contributed by atoms with Crippen molar-refractivity contribution < 1.29 is 23.0 Å². The molecule has 0 unspecified atom stereocenters. The van der Waals surface area contributed by atoms with Gasteiger partial charge in [0.05, 0.1) is 12.1 Å². The smallest absolute Gasteiger partial charge is 0.258 e. The maximum absolute atomic E-state index is 14.1. The standard InChI is InChI=1S/C23H26F2N2O3/c24-18-9-5-8-17(23(18)25)12-27-13-19-21(14-27)29-11-4-3-7-16-6-1-2-10-20(16)30-15-22(28)26-19/h1-2,5-6,8-10,19,21H,3-4,7,11-15H2,(H,26,28)/t19-,21-/m1/s1. The van der Waals surface area contributed by atoms with Gasteiger partial charge in [0.15, 0.2) is 18.2 Å². The maximum Gasteiger partial charge on any atom is 0.258 e. The van der Waals surface area contributed by atoms with Gasteiger partial charge in [-0.05, 0) is 37.0 Å². The minimum Gasteiger partial charge on any atom is -0.483 e. The molecule has 30 heavy (non-hydrogen) atoms. The van der Waals surface area contributed by atoms with Crippen LogP contribution in [0.1, 0.15) is 24.0 Å². The van der Waals surface area contributed by atoms with Gasteiger partial charge in [-0.2, -0.15) is 0 Å². The first-order valence-electron chi connectivity index (χ1n) is 10.4. The number of para-hydroxylation sites is 1. The molecule has 1 fully saturated rings. The quantitative estimate of drug-likeness (QED) is 0.818. The predicted molar refractivity (Wildman–Crippen MR) is 108 cm³/mol. The Morgan fingerprint density at radius 1 is 1.07 bits per heavy atom. The number of ether oxygens (including phenoxy) is 2. The zero-order valence-electron chi connectivity index (χ0n) is 16.8. The van der Waals surface area contributed by atoms with E-state index in [4.69, 9.17) is 9.47 Å². The molecule has 5 nitrogen and oxygen atoms in total. The number of nitrogens with one attached hydrogen (secondary N) is 1. The van der Waals surface area contributed by atoms with Crippen LogP contribution in [0.4, 0.5) is 8.78 Å². The normalized spacial score (nSPS) is 23.2. The summed E-state index contributed by atoms with van der Waals surface area (Å²) in [5, 5.41) is 2.99. The van der Waals surface area contributed by atoms with Crippen molar-refractivity contribution in [1.82, 2.24) is 10.2 Å². The van der Waals surface area contributed by atoms with E-state index in [1.807, 2.05) is 29.2 Å². The van der Waals surface area contributed by atoms with Crippen LogP contribution in [0.15, 0.2) is 42.5 Å². The van der Waals surface area contributed by atoms with Gasteiger partial charge in [-0.1, -0.05) is 30.3 Å². The van der Waals surface area contributed by atoms with Gasteiger partial charge >= 0.3 is 0 Å². The topological polar surface area (TPSA) is 50.8 Å². The second-order valence-electron chi connectivity index (χ2n) is 7.84. The molecular formula is C23H26F2N2O3. The maximum atomic E-state index is 14.1. The molecule has 2 aliphatic rings. The number of likely N-dealkylation sites (tertiary alicyclic amines) is 1. The van der Waals surface area contributed by atoms with Gasteiger partial charge in [-0.25, -0.2) is 8.78 Å². The molecule has 2 aliphatic heterocycles. The highest BCUT2D eigenvalue weighted by Gasteiger charge is 2.35. The van der Waals surface area contributed by atoms with Crippen LogP contribution in [-0.4, -0.2) is 49.3 Å². The molecule has 0 spiro atoms. The Hall–Kier alpha value is -2.51. The fourth-order valence-electron chi connectivity index (χ4n) is 4.10. The van der Waals surface area contributed by atoms with E-state index < -0.39 is 11.6 Å². The van der Waals surface area contributed by atoms with Crippen LogP contribution < -0.4 is 10.1 Å². The first-order valence-corrected chi connectivity index (χ1v) is 10.4. The van der Waals surface area contributed by atoms with Gasteiger partial charge in [0.2, 0.25) is 0 Å². The molecule has 2 aromatic rings. The van der Waals surface area contributed by atoms with Crippen molar-refractivity contribution in [3.05, 3.63) is 65.2 Å². The van der Waals surface area contributed by atoms with Crippen molar-refractivity contribution >= 4 is 5.91 Å². The lowest BCUT2D eigenvalue weighted by atomic mass is 10.1. The zero-order valence-corrected chi connectivity index (χ0v) is 16.8. The van der Waals surface area contributed by atoms with E-state index in [-0.39, 0.29) is 31.2 Å². The molecule has 7 heteroatoms. The van der Waals surface area contributed by atoms with E-state index in [2.05, 4.69) is 5.32 Å². The molecule has 2 atom stereocenters. The molecule has 1 saturated heterocycles. The van der Waals surface area contributed by atoms with E-state index >= 15 is 0 Å². The molecule has 0 aliphatic carbocycles. The highest BCUT2D eigenvalue weighted by atomic mass is 19.2. The van der Waals surface area contributed by atoms with Gasteiger partial charge in [-0.15, -0.1) is 0 Å². The van der Waals surface area contributed by atoms with Crippen molar-refractivity contribution in [2.45, 2.75) is 38.0 Å². The van der Waals surface area contributed by atoms with Crippen LogP contribution in [0, 0.1) is 11.6 Å². The van der Waals surface area contributed by atoms with E-state index in [0.717, 1.165) is 36.6 Å². The Labute approximate surface area is 175 Å². The molecule has 0 aromatic heterocycles. The van der Waals surface area contributed by atoms with Crippen LogP contribution in [-0.2, 0) is 22.5 Å². The largest absolute Gasteiger partial charge is 0.483 e. The third-order valence-corrected chi connectivity index (χ3v) is 5.62. The molecule has 4 rings (SSSR count). The fourth-order valence-corrected chi connectivity index (χ4v) is 4.10. The van der Waals surface area contributed by atoms with E-state index in [1.54, 1.807) is 6.07 Å². The van der Waals surface area contributed by atoms with Gasteiger partial charge in [0.1, 0.15) is 5.75 Å². The summed E-state index contributed by atoms with van der Waals surface area (Å²) in [5.41, 5.74) is 1.39. The average molecular weight is 416 g/mol. The third-order valence-electron chi connectivity index (χ3n) is 5.62. The molecule has 0 bridgehead atoms. The number of rotatable bonds is 2. The molecule has 160 valence electrons. The SMILES string of the molecule is O=C1COc2ccccc2CCCCO[C@@H]2CN(Cc3cccc(F)c3F)C[C@H]2N1. The predicted octanol–water partition coefficient (Wildman–Crippen LogP) is 3.07. The molecule has 2 heterocycles. The van der Waals surface area contributed by atoms with Crippen molar-refractivity contribution in [3.8, 4) is 5.75 Å². The summed E-state index contributed by atoms with van der Waals surface area (Å²) >= 11 is 0. The van der Waals surface area contributed by atoms with E-state index in [0.29, 0.717) is 25.3 Å². The van der Waals surface area contributed by atoms with Crippen LogP contribution in [0.3, 0.4) is 0 Å². The number of aryl methyl sites for hydroxylation is 1. The number of fused-ring (bicyclic) bond motifs is 2. The summed E-state index contributed by atoms with van der Waals surface area (Å²) in [6.07, 6.45) is 2.51.